The van der Waals surface area contributed by atoms with Crippen molar-refractivity contribution in [2.24, 2.45) is 0 Å². The normalized spacial score (nSPS) is 11.4. The summed E-state index contributed by atoms with van der Waals surface area (Å²) in [6, 6.07) is 6.80. The standard InChI is InChI=1S/C16H17ClFN3/c1-3-13-16(17)15(21(4-2)19-13)10-20-8-7-11-5-6-12(18)9-14(11)20/h5-9H,3-4,10H2,1-2H3. The second-order valence-corrected chi connectivity index (χ2v) is 5.40. The van der Waals surface area contributed by atoms with Crippen molar-refractivity contribution >= 4 is 22.5 Å². The first-order chi connectivity index (χ1) is 10.1. The van der Waals surface area contributed by atoms with E-state index in [1.54, 1.807) is 12.1 Å². The van der Waals surface area contributed by atoms with Gasteiger partial charge in [-0.1, -0.05) is 18.5 Å². The number of hydrogen-bond donors (Lipinski definition) is 0. The van der Waals surface area contributed by atoms with E-state index in [4.69, 9.17) is 11.6 Å². The van der Waals surface area contributed by atoms with Gasteiger partial charge >= 0.3 is 0 Å². The lowest BCUT2D eigenvalue weighted by atomic mass is 10.2. The van der Waals surface area contributed by atoms with Gasteiger partial charge in [-0.15, -0.1) is 0 Å². The average molecular weight is 306 g/mol. The minimum atomic E-state index is -0.230. The molecule has 110 valence electrons. The van der Waals surface area contributed by atoms with Gasteiger partial charge in [-0.3, -0.25) is 4.68 Å². The molecule has 1 aromatic carbocycles. The zero-order chi connectivity index (χ0) is 15.0. The predicted octanol–water partition coefficient (Wildman–Crippen LogP) is 4.26. The van der Waals surface area contributed by atoms with Gasteiger partial charge in [-0.25, -0.2) is 4.39 Å². The maximum absolute atomic E-state index is 13.5. The van der Waals surface area contributed by atoms with Gasteiger partial charge in [-0.2, -0.15) is 5.10 Å². The Hall–Kier alpha value is -1.81. The molecule has 5 heteroatoms. The lowest BCUT2D eigenvalue weighted by Gasteiger charge is -2.08. The molecule has 0 unspecified atom stereocenters. The molecule has 0 aliphatic carbocycles. The van der Waals surface area contributed by atoms with Crippen LogP contribution in [0.2, 0.25) is 5.02 Å². The van der Waals surface area contributed by atoms with Crippen molar-refractivity contribution in [2.45, 2.75) is 33.4 Å². The molecule has 3 rings (SSSR count). The molecule has 0 bridgehead atoms. The fourth-order valence-corrected chi connectivity index (χ4v) is 2.95. The van der Waals surface area contributed by atoms with Gasteiger partial charge in [0, 0.05) is 12.7 Å². The van der Waals surface area contributed by atoms with Gasteiger partial charge in [0.1, 0.15) is 5.82 Å². The summed E-state index contributed by atoms with van der Waals surface area (Å²) in [5, 5.41) is 6.26. The van der Waals surface area contributed by atoms with Gasteiger partial charge in [0.25, 0.3) is 0 Å². The Bertz CT molecular complexity index is 788. The summed E-state index contributed by atoms with van der Waals surface area (Å²) >= 11 is 6.44. The molecule has 0 radical (unpaired) electrons. The minimum Gasteiger partial charge on any atom is -0.341 e. The van der Waals surface area contributed by atoms with Crippen LogP contribution in [0.1, 0.15) is 25.2 Å². The topological polar surface area (TPSA) is 22.8 Å². The summed E-state index contributed by atoms with van der Waals surface area (Å²) in [6.07, 6.45) is 2.76. The highest BCUT2D eigenvalue weighted by Crippen LogP contribution is 2.25. The van der Waals surface area contributed by atoms with Gasteiger partial charge in [0.15, 0.2) is 0 Å². The molecule has 2 heterocycles. The Morgan fingerprint density at radius 2 is 2.05 bits per heavy atom. The SMILES string of the molecule is CCc1nn(CC)c(Cn2ccc3ccc(F)cc32)c1Cl. The fraction of sp³-hybridized carbons (Fsp3) is 0.312. The third kappa shape index (κ3) is 2.44. The molecular formula is C16H17ClFN3. The van der Waals surface area contributed by atoms with E-state index in [0.29, 0.717) is 6.54 Å². The molecule has 3 nitrogen and oxygen atoms in total. The van der Waals surface area contributed by atoms with E-state index in [1.165, 1.54) is 6.07 Å². The van der Waals surface area contributed by atoms with Gasteiger partial charge in [0.05, 0.1) is 28.5 Å². The minimum absolute atomic E-state index is 0.230. The van der Waals surface area contributed by atoms with Crippen molar-refractivity contribution in [3.63, 3.8) is 0 Å². The average Bonchev–Trinajstić information content (AvgIpc) is 3.01. The molecule has 0 atom stereocenters. The highest BCUT2D eigenvalue weighted by atomic mass is 35.5. The van der Waals surface area contributed by atoms with Crippen molar-refractivity contribution in [3.8, 4) is 0 Å². The molecular weight excluding hydrogens is 289 g/mol. The van der Waals surface area contributed by atoms with E-state index in [1.807, 2.05) is 35.4 Å². The van der Waals surface area contributed by atoms with Crippen molar-refractivity contribution < 1.29 is 4.39 Å². The Kier molecular flexibility index (Phi) is 3.72. The van der Waals surface area contributed by atoms with Crippen molar-refractivity contribution in [3.05, 3.63) is 52.7 Å². The molecule has 0 saturated carbocycles. The van der Waals surface area contributed by atoms with Crippen LogP contribution >= 0.6 is 11.6 Å². The quantitative estimate of drug-likeness (QED) is 0.706. The molecule has 0 aliphatic heterocycles. The zero-order valence-corrected chi connectivity index (χ0v) is 12.9. The second-order valence-electron chi connectivity index (χ2n) is 5.02. The first kappa shape index (κ1) is 14.1. The largest absolute Gasteiger partial charge is 0.341 e. The molecule has 0 N–H and O–H groups in total. The van der Waals surface area contributed by atoms with E-state index < -0.39 is 0 Å². The van der Waals surface area contributed by atoms with Crippen LogP contribution < -0.4 is 0 Å². The molecule has 0 amide bonds. The maximum atomic E-state index is 13.5. The summed E-state index contributed by atoms with van der Waals surface area (Å²) in [6.45, 7) is 5.44. The number of aryl methyl sites for hydroxylation is 2. The van der Waals surface area contributed by atoms with Crippen LogP contribution in [0.3, 0.4) is 0 Å². The molecule has 0 saturated heterocycles. The van der Waals surface area contributed by atoms with Crippen LogP contribution in [0.5, 0.6) is 0 Å². The summed E-state index contributed by atoms with van der Waals surface area (Å²) < 4.78 is 17.4. The molecule has 0 fully saturated rings. The van der Waals surface area contributed by atoms with E-state index in [2.05, 4.69) is 5.10 Å². The Morgan fingerprint density at radius 3 is 2.76 bits per heavy atom. The molecule has 2 aromatic heterocycles. The van der Waals surface area contributed by atoms with Crippen LogP contribution in [-0.2, 0) is 19.5 Å². The first-order valence-corrected chi connectivity index (χ1v) is 7.50. The van der Waals surface area contributed by atoms with Crippen LogP contribution in [0.15, 0.2) is 30.5 Å². The van der Waals surface area contributed by atoms with E-state index in [9.17, 15) is 4.39 Å². The fourth-order valence-electron chi connectivity index (χ4n) is 2.62. The number of rotatable bonds is 4. The van der Waals surface area contributed by atoms with Gasteiger partial charge < -0.3 is 4.57 Å². The number of aromatic nitrogens is 3. The molecule has 0 aliphatic rings. The summed E-state index contributed by atoms with van der Waals surface area (Å²) in [7, 11) is 0. The van der Waals surface area contributed by atoms with Crippen LogP contribution in [0.4, 0.5) is 4.39 Å². The van der Waals surface area contributed by atoms with Crippen LogP contribution in [-0.4, -0.2) is 14.3 Å². The number of hydrogen-bond acceptors (Lipinski definition) is 1. The number of halogens is 2. The summed E-state index contributed by atoms with van der Waals surface area (Å²) in [5.74, 6) is -0.230. The summed E-state index contributed by atoms with van der Waals surface area (Å²) in [4.78, 5) is 0. The lowest BCUT2D eigenvalue weighted by Crippen LogP contribution is -2.07. The Labute approximate surface area is 127 Å². The predicted molar refractivity (Wildman–Crippen MR) is 83.3 cm³/mol. The molecule has 3 aromatic rings. The van der Waals surface area contributed by atoms with Crippen LogP contribution in [0.25, 0.3) is 10.9 Å². The lowest BCUT2D eigenvalue weighted by molar-refractivity contribution is 0.598. The van der Waals surface area contributed by atoms with Crippen molar-refractivity contribution in [1.29, 1.82) is 0 Å². The molecule has 21 heavy (non-hydrogen) atoms. The number of benzene rings is 1. The number of nitrogens with zero attached hydrogens (tertiary/aromatic N) is 3. The monoisotopic (exact) mass is 305 g/mol. The van der Waals surface area contributed by atoms with E-state index in [0.717, 1.165) is 40.3 Å². The first-order valence-electron chi connectivity index (χ1n) is 7.12. The maximum Gasteiger partial charge on any atom is 0.125 e. The third-order valence-corrected chi connectivity index (χ3v) is 4.19. The highest BCUT2D eigenvalue weighted by molar-refractivity contribution is 6.31. The summed E-state index contributed by atoms with van der Waals surface area (Å²) in [5.41, 5.74) is 2.75. The zero-order valence-electron chi connectivity index (χ0n) is 12.1. The second kappa shape index (κ2) is 5.53. The van der Waals surface area contributed by atoms with Crippen molar-refractivity contribution in [1.82, 2.24) is 14.3 Å². The van der Waals surface area contributed by atoms with Crippen molar-refractivity contribution in [2.75, 3.05) is 0 Å². The highest BCUT2D eigenvalue weighted by Gasteiger charge is 2.15. The van der Waals surface area contributed by atoms with Crippen LogP contribution in [0, 0.1) is 5.82 Å². The number of fused-ring (bicyclic) bond motifs is 1. The smallest absolute Gasteiger partial charge is 0.125 e. The van der Waals surface area contributed by atoms with Gasteiger partial charge in [-0.05, 0) is 43.0 Å². The van der Waals surface area contributed by atoms with E-state index >= 15 is 0 Å². The third-order valence-electron chi connectivity index (χ3n) is 3.75. The van der Waals surface area contributed by atoms with E-state index in [-0.39, 0.29) is 5.82 Å². The molecule has 0 spiro atoms. The Morgan fingerprint density at radius 1 is 1.24 bits per heavy atom. The Balaban J connectivity index is 2.06. The van der Waals surface area contributed by atoms with Gasteiger partial charge in [0.2, 0.25) is 0 Å².